The van der Waals surface area contributed by atoms with Gasteiger partial charge in [-0.25, -0.2) is 9.98 Å². The van der Waals surface area contributed by atoms with Gasteiger partial charge in [0.25, 0.3) is 0 Å². The van der Waals surface area contributed by atoms with Crippen molar-refractivity contribution in [3.05, 3.63) is 272 Å². The van der Waals surface area contributed by atoms with Crippen LogP contribution in [0.4, 0.5) is 0 Å². The fourth-order valence-electron chi connectivity index (χ4n) is 9.86. The number of hydrogen-bond donors (Lipinski definition) is 1. The molecule has 9 aromatic carbocycles. The van der Waals surface area contributed by atoms with Crippen LogP contribution in [0.2, 0.25) is 0 Å². The molecule has 0 radical (unpaired) electrons. The van der Waals surface area contributed by atoms with Crippen molar-refractivity contribution in [2.45, 2.75) is 52.4 Å². The molecule has 0 aliphatic carbocycles. The minimum absolute atomic E-state index is 0.0531. The van der Waals surface area contributed by atoms with Crippen LogP contribution in [0.1, 0.15) is 63.8 Å². The molecular formula is C71H62N4. The summed E-state index contributed by atoms with van der Waals surface area (Å²) in [6.45, 7) is 21.6. The van der Waals surface area contributed by atoms with Crippen LogP contribution in [0.5, 0.6) is 0 Å². The minimum atomic E-state index is -0.0531. The maximum atomic E-state index is 9.98. The SMILES string of the molecule is C=C/C=C(\C=C)C(N=Cc1ccc(-c2ccccc2)cc1)=NC(=N)c1cc(-c2ccc(C(C)(C)C)cc2)c(-n2c3ccc(-c4ccccc4)cc3c3cc(-c4ccccc4)ccc32)c(-c2ccc(C(C)(C)C)cc2)c1. The first-order valence-electron chi connectivity index (χ1n) is 25.7. The largest absolute Gasteiger partial charge is 0.308 e. The molecule has 0 amide bonds. The fraction of sp³-hybridized carbons (Fsp3) is 0.113. The summed E-state index contributed by atoms with van der Waals surface area (Å²) < 4.78 is 2.45. The van der Waals surface area contributed by atoms with Crippen molar-refractivity contribution in [2.75, 3.05) is 0 Å². The molecule has 366 valence electrons. The highest BCUT2D eigenvalue weighted by atomic mass is 15.0. The number of nitrogens with one attached hydrogen (secondary N) is 1. The van der Waals surface area contributed by atoms with Gasteiger partial charge in [0, 0.05) is 39.3 Å². The molecule has 75 heavy (non-hydrogen) atoms. The van der Waals surface area contributed by atoms with Gasteiger partial charge in [-0.05, 0) is 108 Å². The van der Waals surface area contributed by atoms with Gasteiger partial charge in [0.2, 0.25) is 0 Å². The Balaban J connectivity index is 1.24. The molecule has 10 rings (SSSR count). The summed E-state index contributed by atoms with van der Waals surface area (Å²) in [4.78, 5) is 10.0. The summed E-state index contributed by atoms with van der Waals surface area (Å²) in [5.74, 6) is 0.413. The van der Waals surface area contributed by atoms with Crippen molar-refractivity contribution in [1.82, 2.24) is 4.57 Å². The van der Waals surface area contributed by atoms with Crippen molar-refractivity contribution >= 4 is 39.7 Å². The summed E-state index contributed by atoms with van der Waals surface area (Å²) in [5, 5.41) is 12.3. The van der Waals surface area contributed by atoms with Gasteiger partial charge in [-0.3, -0.25) is 5.41 Å². The molecule has 0 spiro atoms. The number of hydrogen-bond acceptors (Lipinski definition) is 1. The zero-order valence-corrected chi connectivity index (χ0v) is 43.8. The van der Waals surface area contributed by atoms with Gasteiger partial charge in [0.15, 0.2) is 11.7 Å². The van der Waals surface area contributed by atoms with E-state index >= 15 is 0 Å². The summed E-state index contributed by atoms with van der Waals surface area (Å²) in [5.41, 5.74) is 18.6. The van der Waals surface area contributed by atoms with Gasteiger partial charge in [-0.2, -0.15) is 0 Å². The van der Waals surface area contributed by atoms with E-state index in [-0.39, 0.29) is 16.7 Å². The molecule has 0 saturated carbocycles. The van der Waals surface area contributed by atoms with Gasteiger partial charge in [-0.1, -0.05) is 249 Å². The number of allylic oxidation sites excluding steroid dienone is 2. The molecule has 10 aromatic rings. The molecule has 1 aromatic heterocycles. The predicted octanol–water partition coefficient (Wildman–Crippen LogP) is 18.9. The van der Waals surface area contributed by atoms with Crippen LogP contribution in [-0.4, -0.2) is 22.5 Å². The van der Waals surface area contributed by atoms with E-state index in [2.05, 4.69) is 241 Å². The highest BCUT2D eigenvalue weighted by Crippen LogP contribution is 2.45. The van der Waals surface area contributed by atoms with Gasteiger partial charge >= 0.3 is 0 Å². The van der Waals surface area contributed by atoms with E-state index < -0.39 is 0 Å². The molecule has 0 bridgehead atoms. The highest BCUT2D eigenvalue weighted by molar-refractivity contribution is 6.16. The zero-order chi connectivity index (χ0) is 52.3. The number of amidine groups is 2. The summed E-state index contributed by atoms with van der Waals surface area (Å²) in [7, 11) is 0. The second-order valence-electron chi connectivity index (χ2n) is 21.2. The number of fused-ring (bicyclic) bond motifs is 3. The second kappa shape index (κ2) is 20.9. The highest BCUT2D eigenvalue weighted by Gasteiger charge is 2.25. The quantitative estimate of drug-likeness (QED) is 0.0763. The molecule has 0 fully saturated rings. The molecule has 0 aliphatic rings. The van der Waals surface area contributed by atoms with Gasteiger partial charge in [-0.15, -0.1) is 0 Å². The van der Waals surface area contributed by atoms with E-state index in [1.165, 1.54) is 11.1 Å². The van der Waals surface area contributed by atoms with Crippen LogP contribution in [0.25, 0.3) is 83.1 Å². The monoisotopic (exact) mass is 970 g/mol. The standard InChI is InChI=1S/C71H62N4/c1-9-20-49(10-2)69(73-47-48-27-29-53(30-28-48)50-21-14-11-15-22-50)74-68(72)58-45-61(54-31-37-59(38-32-54)70(3,4)5)67(62(46-58)55-33-39-60(40-34-55)71(6,7)8)75-65-41-35-56(51-23-16-12-17-24-51)43-63(65)64-44-57(36-42-66(64)75)52-25-18-13-19-26-52/h9-47,72H,1-2H2,3-8H3/b49-20+,72-68?,73-47?,74-69?. The average Bonchev–Trinajstić information content (AvgIpc) is 3.80. The van der Waals surface area contributed by atoms with E-state index in [0.29, 0.717) is 17.0 Å². The second-order valence-corrected chi connectivity index (χ2v) is 21.2. The molecular weight excluding hydrogens is 909 g/mol. The Hall–Kier alpha value is -8.99. The molecule has 1 heterocycles. The molecule has 4 nitrogen and oxygen atoms in total. The van der Waals surface area contributed by atoms with Crippen molar-refractivity contribution < 1.29 is 0 Å². The first-order valence-corrected chi connectivity index (χ1v) is 25.7. The number of aromatic nitrogens is 1. The van der Waals surface area contributed by atoms with Crippen molar-refractivity contribution in [2.24, 2.45) is 9.98 Å². The van der Waals surface area contributed by atoms with E-state index in [1.54, 1.807) is 18.4 Å². The van der Waals surface area contributed by atoms with Crippen molar-refractivity contribution in [1.29, 1.82) is 5.41 Å². The first kappa shape index (κ1) is 49.6. The minimum Gasteiger partial charge on any atom is -0.308 e. The van der Waals surface area contributed by atoms with Crippen LogP contribution in [0.3, 0.4) is 0 Å². The number of aliphatic imine (C=N–C) groups is 2. The Morgan fingerprint density at radius 2 is 0.867 bits per heavy atom. The molecule has 1 N–H and O–H groups in total. The lowest BCUT2D eigenvalue weighted by Gasteiger charge is -2.23. The third kappa shape index (κ3) is 10.5. The zero-order valence-electron chi connectivity index (χ0n) is 43.8. The van der Waals surface area contributed by atoms with E-state index in [0.717, 1.165) is 88.7 Å². The summed E-state index contributed by atoms with van der Waals surface area (Å²) in [6.07, 6.45) is 7.04. The summed E-state index contributed by atoms with van der Waals surface area (Å²) >= 11 is 0. The Labute approximate surface area is 442 Å². The molecule has 0 unspecified atom stereocenters. The third-order valence-corrected chi connectivity index (χ3v) is 14.1. The van der Waals surface area contributed by atoms with Crippen molar-refractivity contribution in [3.63, 3.8) is 0 Å². The van der Waals surface area contributed by atoms with E-state index in [1.807, 2.05) is 36.4 Å². The number of nitrogens with zero attached hydrogens (tertiary/aromatic N) is 3. The normalized spacial score (nSPS) is 12.4. The van der Waals surface area contributed by atoms with Crippen LogP contribution in [0, 0.1) is 5.41 Å². The third-order valence-electron chi connectivity index (χ3n) is 14.1. The Bertz CT molecular complexity index is 3640. The molecule has 0 atom stereocenters. The van der Waals surface area contributed by atoms with Crippen LogP contribution >= 0.6 is 0 Å². The molecule has 0 aliphatic heterocycles. The Morgan fingerprint density at radius 1 is 0.467 bits per heavy atom. The van der Waals surface area contributed by atoms with Crippen LogP contribution in [0.15, 0.2) is 259 Å². The molecule has 0 saturated heterocycles. The average molecular weight is 971 g/mol. The lowest BCUT2D eigenvalue weighted by Crippen LogP contribution is -2.11. The number of rotatable bonds is 11. The van der Waals surface area contributed by atoms with E-state index in [9.17, 15) is 5.41 Å². The van der Waals surface area contributed by atoms with E-state index in [4.69, 9.17) is 9.98 Å². The fourth-order valence-corrected chi connectivity index (χ4v) is 9.86. The molecule has 4 heteroatoms. The topological polar surface area (TPSA) is 53.5 Å². The number of benzene rings is 9. The lowest BCUT2D eigenvalue weighted by molar-refractivity contribution is 0.590. The smallest absolute Gasteiger partial charge is 0.161 e. The van der Waals surface area contributed by atoms with Gasteiger partial charge < -0.3 is 4.57 Å². The lowest BCUT2D eigenvalue weighted by atomic mass is 9.84. The van der Waals surface area contributed by atoms with Crippen LogP contribution < -0.4 is 0 Å². The Morgan fingerprint density at radius 3 is 1.28 bits per heavy atom. The first-order chi connectivity index (χ1) is 36.3. The maximum absolute atomic E-state index is 9.98. The summed E-state index contributed by atoms with van der Waals surface area (Å²) in [6, 6.07) is 75.8. The maximum Gasteiger partial charge on any atom is 0.161 e. The van der Waals surface area contributed by atoms with Crippen molar-refractivity contribution in [3.8, 4) is 61.3 Å². The predicted molar refractivity (Wildman–Crippen MR) is 322 cm³/mol. The van der Waals surface area contributed by atoms with Crippen LogP contribution in [-0.2, 0) is 10.8 Å². The van der Waals surface area contributed by atoms with Gasteiger partial charge in [0.1, 0.15) is 0 Å². The Kier molecular flexibility index (Phi) is 13.8. The van der Waals surface area contributed by atoms with Gasteiger partial charge in [0.05, 0.1) is 16.7 Å².